The number of halogens is 1. The number of benzene rings is 1. The van der Waals surface area contributed by atoms with E-state index >= 15 is 0 Å². The summed E-state index contributed by atoms with van der Waals surface area (Å²) in [5.74, 6) is -1.17. The molecule has 0 atom stereocenters. The van der Waals surface area contributed by atoms with Crippen molar-refractivity contribution in [1.82, 2.24) is 19.7 Å². The summed E-state index contributed by atoms with van der Waals surface area (Å²) >= 11 is 1.84. The van der Waals surface area contributed by atoms with Gasteiger partial charge in [0, 0.05) is 16.3 Å². The summed E-state index contributed by atoms with van der Waals surface area (Å²) in [5.41, 5.74) is -0.0465. The Morgan fingerprint density at radius 1 is 1.43 bits per heavy atom. The van der Waals surface area contributed by atoms with Gasteiger partial charge in [-0.25, -0.2) is 17.9 Å². The Bertz CT molecular complexity index is 746. The second-order valence-corrected chi connectivity index (χ2v) is 6.94. The molecule has 2 N–H and O–H groups in total. The fraction of sp³-hybridized carbons (Fsp3) is 0.182. The molecule has 2 aromatic rings. The van der Waals surface area contributed by atoms with E-state index in [0.29, 0.717) is 10.1 Å². The van der Waals surface area contributed by atoms with Crippen molar-refractivity contribution in [2.45, 2.75) is 11.4 Å². The lowest BCUT2D eigenvalue weighted by atomic mass is 10.2. The lowest BCUT2D eigenvalue weighted by molar-refractivity contribution is 0.0695. The molecule has 0 aliphatic heterocycles. The van der Waals surface area contributed by atoms with Crippen LogP contribution in [0.25, 0.3) is 0 Å². The van der Waals surface area contributed by atoms with Gasteiger partial charge in [-0.05, 0) is 40.8 Å². The van der Waals surface area contributed by atoms with Crippen molar-refractivity contribution in [3.05, 3.63) is 39.7 Å². The molecule has 21 heavy (non-hydrogen) atoms. The number of sulfonamides is 1. The largest absolute Gasteiger partial charge is 0.478 e. The SMILES string of the molecule is O=C(O)c1cc(S(=O)(=O)NCCn2ccnn2)ccc1I. The molecule has 0 amide bonds. The molecule has 0 fully saturated rings. The number of hydrogen-bond acceptors (Lipinski definition) is 5. The summed E-state index contributed by atoms with van der Waals surface area (Å²) in [7, 11) is -3.76. The fourth-order valence-corrected chi connectivity index (χ4v) is 3.18. The van der Waals surface area contributed by atoms with E-state index in [1.54, 1.807) is 6.20 Å². The minimum absolute atomic E-state index is 0.0465. The van der Waals surface area contributed by atoms with Gasteiger partial charge in [0.15, 0.2) is 0 Å². The lowest BCUT2D eigenvalue weighted by Gasteiger charge is -2.08. The molecule has 1 aromatic carbocycles. The van der Waals surface area contributed by atoms with E-state index in [2.05, 4.69) is 15.0 Å². The van der Waals surface area contributed by atoms with Crippen LogP contribution in [-0.4, -0.2) is 41.0 Å². The highest BCUT2D eigenvalue weighted by atomic mass is 127. The maximum absolute atomic E-state index is 12.1. The highest BCUT2D eigenvalue weighted by molar-refractivity contribution is 14.1. The van der Waals surface area contributed by atoms with Crippen molar-refractivity contribution in [2.24, 2.45) is 0 Å². The maximum atomic E-state index is 12.1. The van der Waals surface area contributed by atoms with E-state index in [0.717, 1.165) is 6.07 Å². The van der Waals surface area contributed by atoms with E-state index in [1.807, 2.05) is 22.6 Å². The molecule has 0 bridgehead atoms. The van der Waals surface area contributed by atoms with Crippen molar-refractivity contribution < 1.29 is 18.3 Å². The van der Waals surface area contributed by atoms with Gasteiger partial charge in [0.25, 0.3) is 0 Å². The van der Waals surface area contributed by atoms with Crippen LogP contribution in [0.5, 0.6) is 0 Å². The minimum Gasteiger partial charge on any atom is -0.478 e. The van der Waals surface area contributed by atoms with Gasteiger partial charge >= 0.3 is 5.97 Å². The van der Waals surface area contributed by atoms with Crippen LogP contribution < -0.4 is 4.72 Å². The zero-order valence-electron chi connectivity index (χ0n) is 10.6. The number of carboxylic acid groups (broad SMARTS) is 1. The predicted octanol–water partition coefficient (Wildman–Crippen LogP) is 0.559. The molecule has 112 valence electrons. The molecule has 2 rings (SSSR count). The molecule has 0 saturated carbocycles. The summed E-state index contributed by atoms with van der Waals surface area (Å²) < 4.78 is 28.5. The Labute approximate surface area is 134 Å². The van der Waals surface area contributed by atoms with Crippen LogP contribution in [0.2, 0.25) is 0 Å². The number of nitrogens with one attached hydrogen (secondary N) is 1. The summed E-state index contributed by atoms with van der Waals surface area (Å²) in [6.07, 6.45) is 3.11. The third-order valence-corrected chi connectivity index (χ3v) is 4.98. The Balaban J connectivity index is 2.12. The minimum atomic E-state index is -3.76. The first-order valence-corrected chi connectivity index (χ1v) is 8.33. The smallest absolute Gasteiger partial charge is 0.336 e. The molecular weight excluding hydrogens is 411 g/mol. The summed E-state index contributed by atoms with van der Waals surface area (Å²) in [6, 6.07) is 3.96. The molecule has 1 aromatic heterocycles. The number of nitrogens with zero attached hydrogens (tertiary/aromatic N) is 3. The van der Waals surface area contributed by atoms with Crippen LogP contribution in [-0.2, 0) is 16.6 Å². The standard InChI is InChI=1S/C11H11IN4O4S/c12-10-2-1-8(7-9(10)11(17)18)21(19,20)14-4-6-16-5-3-13-15-16/h1-3,5,7,14H,4,6H2,(H,17,18). The summed E-state index contributed by atoms with van der Waals surface area (Å²) in [5, 5.41) is 16.3. The molecule has 0 aliphatic carbocycles. The number of hydrogen-bond donors (Lipinski definition) is 2. The zero-order chi connectivity index (χ0) is 15.5. The number of aromatic carboxylic acids is 1. The number of carbonyl (C=O) groups is 1. The van der Waals surface area contributed by atoms with Crippen molar-refractivity contribution >= 4 is 38.6 Å². The second-order valence-electron chi connectivity index (χ2n) is 4.01. The van der Waals surface area contributed by atoms with E-state index in [1.165, 1.54) is 23.0 Å². The average Bonchev–Trinajstić information content (AvgIpc) is 2.91. The van der Waals surface area contributed by atoms with E-state index in [4.69, 9.17) is 5.11 Å². The third kappa shape index (κ3) is 3.98. The van der Waals surface area contributed by atoms with Crippen LogP contribution in [0.3, 0.4) is 0 Å². The topological polar surface area (TPSA) is 114 Å². The normalized spacial score (nSPS) is 11.5. The lowest BCUT2D eigenvalue weighted by Crippen LogP contribution is -2.27. The third-order valence-electron chi connectivity index (χ3n) is 2.58. The number of carboxylic acids is 1. The van der Waals surface area contributed by atoms with Gasteiger partial charge in [-0.15, -0.1) is 5.10 Å². The highest BCUT2D eigenvalue weighted by Gasteiger charge is 2.17. The van der Waals surface area contributed by atoms with Gasteiger partial charge in [-0.2, -0.15) is 0 Å². The van der Waals surface area contributed by atoms with Gasteiger partial charge in [0.1, 0.15) is 0 Å². The fourth-order valence-electron chi connectivity index (χ4n) is 1.57. The van der Waals surface area contributed by atoms with Crippen molar-refractivity contribution in [2.75, 3.05) is 6.54 Å². The second kappa shape index (κ2) is 6.49. The molecule has 0 saturated heterocycles. The van der Waals surface area contributed by atoms with E-state index in [9.17, 15) is 13.2 Å². The zero-order valence-corrected chi connectivity index (χ0v) is 13.6. The van der Waals surface area contributed by atoms with Crippen molar-refractivity contribution in [3.63, 3.8) is 0 Å². The van der Waals surface area contributed by atoms with Crippen molar-refractivity contribution in [1.29, 1.82) is 0 Å². The Morgan fingerprint density at radius 3 is 2.81 bits per heavy atom. The summed E-state index contributed by atoms with van der Waals surface area (Å²) in [6.45, 7) is 0.454. The summed E-state index contributed by atoms with van der Waals surface area (Å²) in [4.78, 5) is 10.9. The predicted molar refractivity (Wildman–Crippen MR) is 81.3 cm³/mol. The monoisotopic (exact) mass is 422 g/mol. The Hall–Kier alpha value is -1.53. The molecule has 0 spiro atoms. The first kappa shape index (κ1) is 15.9. The molecule has 0 radical (unpaired) electrons. The van der Waals surface area contributed by atoms with E-state index < -0.39 is 16.0 Å². The first-order chi connectivity index (χ1) is 9.90. The maximum Gasteiger partial charge on any atom is 0.336 e. The van der Waals surface area contributed by atoms with Crippen LogP contribution in [0.1, 0.15) is 10.4 Å². The van der Waals surface area contributed by atoms with E-state index in [-0.39, 0.29) is 17.0 Å². The molecular formula is C11H11IN4O4S. The Morgan fingerprint density at radius 2 is 2.19 bits per heavy atom. The Kier molecular flexibility index (Phi) is 4.90. The molecule has 8 nitrogen and oxygen atoms in total. The van der Waals surface area contributed by atoms with Crippen molar-refractivity contribution in [3.8, 4) is 0 Å². The number of aromatic nitrogens is 3. The first-order valence-electron chi connectivity index (χ1n) is 5.77. The van der Waals surface area contributed by atoms with Gasteiger partial charge < -0.3 is 5.11 Å². The van der Waals surface area contributed by atoms with Gasteiger partial charge in [0.05, 0.1) is 23.2 Å². The van der Waals surface area contributed by atoms with Gasteiger partial charge in [-0.3, -0.25) is 4.68 Å². The molecule has 0 aliphatic rings. The van der Waals surface area contributed by atoms with Crippen LogP contribution in [0.4, 0.5) is 0 Å². The van der Waals surface area contributed by atoms with Crippen LogP contribution in [0, 0.1) is 3.57 Å². The molecule has 1 heterocycles. The highest BCUT2D eigenvalue weighted by Crippen LogP contribution is 2.17. The van der Waals surface area contributed by atoms with Crippen LogP contribution >= 0.6 is 22.6 Å². The average molecular weight is 422 g/mol. The van der Waals surface area contributed by atoms with Gasteiger partial charge in [0.2, 0.25) is 10.0 Å². The van der Waals surface area contributed by atoms with Crippen LogP contribution in [0.15, 0.2) is 35.5 Å². The van der Waals surface area contributed by atoms with Gasteiger partial charge in [-0.1, -0.05) is 5.21 Å². The molecule has 10 heteroatoms. The number of rotatable bonds is 6. The quantitative estimate of drug-likeness (QED) is 0.658. The molecule has 0 unspecified atom stereocenters.